The van der Waals surface area contributed by atoms with Gasteiger partial charge in [0.15, 0.2) is 5.78 Å². The van der Waals surface area contributed by atoms with Gasteiger partial charge >= 0.3 is 0 Å². The highest BCUT2D eigenvalue weighted by molar-refractivity contribution is 6.30. The molecule has 1 aliphatic heterocycles. The van der Waals surface area contributed by atoms with E-state index < -0.39 is 12.0 Å². The zero-order valence-corrected chi connectivity index (χ0v) is 18.8. The summed E-state index contributed by atoms with van der Waals surface area (Å²) in [7, 11) is 0. The van der Waals surface area contributed by atoms with Crippen LogP contribution in [0.3, 0.4) is 0 Å². The molecule has 0 spiro atoms. The smallest absolute Gasteiger partial charge is 0.248 e. The second-order valence-electron chi connectivity index (χ2n) is 9.26. The van der Waals surface area contributed by atoms with E-state index in [1.807, 2.05) is 24.3 Å². The van der Waals surface area contributed by atoms with Gasteiger partial charge < -0.3 is 10.6 Å². The Morgan fingerprint density at radius 2 is 2.06 bits per heavy atom. The average Bonchev–Trinajstić information content (AvgIpc) is 3.49. The van der Waals surface area contributed by atoms with Crippen LogP contribution in [0.25, 0.3) is 6.08 Å². The third-order valence-electron chi connectivity index (χ3n) is 6.67. The normalized spacial score (nSPS) is 21.6. The first-order valence-corrected chi connectivity index (χ1v) is 11.8. The van der Waals surface area contributed by atoms with Gasteiger partial charge in [-0.3, -0.25) is 14.4 Å². The molecule has 3 aliphatic rings. The van der Waals surface area contributed by atoms with Crippen molar-refractivity contribution in [2.24, 2.45) is 17.8 Å². The van der Waals surface area contributed by atoms with Crippen molar-refractivity contribution in [3.63, 3.8) is 0 Å². The minimum absolute atomic E-state index is 0.0281. The maximum Gasteiger partial charge on any atom is 0.248 e. The van der Waals surface area contributed by atoms with Crippen LogP contribution < -0.4 is 10.6 Å². The Labute approximate surface area is 193 Å². The number of ketones is 1. The molecule has 168 valence electrons. The lowest BCUT2D eigenvalue weighted by atomic mass is 9.85. The molecule has 6 nitrogen and oxygen atoms in total. The topological polar surface area (TPSA) is 99.1 Å². The Balaban J connectivity index is 1.38. The highest BCUT2D eigenvalue weighted by Gasteiger charge is 2.33. The van der Waals surface area contributed by atoms with Crippen LogP contribution in [0.2, 0.25) is 5.02 Å². The van der Waals surface area contributed by atoms with Crippen molar-refractivity contribution in [2.75, 3.05) is 6.54 Å². The largest absolute Gasteiger partial charge is 0.356 e. The number of benzene rings is 1. The molecule has 1 aromatic carbocycles. The number of carbonyl (C=O) groups is 3. The summed E-state index contributed by atoms with van der Waals surface area (Å²) >= 11 is 6.06. The van der Waals surface area contributed by atoms with Crippen LogP contribution in [0.5, 0.6) is 0 Å². The molecule has 3 atom stereocenters. The lowest BCUT2D eigenvalue weighted by Crippen LogP contribution is -2.43. The van der Waals surface area contributed by atoms with E-state index in [0.29, 0.717) is 42.3 Å². The minimum Gasteiger partial charge on any atom is -0.356 e. The lowest BCUT2D eigenvalue weighted by molar-refractivity contribution is -0.128. The Kier molecular flexibility index (Phi) is 6.95. The summed E-state index contributed by atoms with van der Waals surface area (Å²) in [6.45, 7) is 0.674. The molecule has 1 saturated carbocycles. The van der Waals surface area contributed by atoms with Crippen LogP contribution in [0.1, 0.15) is 56.1 Å². The molecule has 1 saturated heterocycles. The standard InChI is InChI=1S/C25H28ClN3O3/c26-21-6-5-17-11-20(12-19(17)13-21)25(32)29-22(9-15-3-4-15)23(30)10-16(14-27)8-18-2-1-7-28-24(18)31/h5-6,12-13,15-16,18,22H,1-4,7-11H2,(H,28,31)(H,29,32)/t16-,18+,22+/m1/s1. The zero-order valence-electron chi connectivity index (χ0n) is 18.0. The number of halogens is 1. The number of hydrogen-bond acceptors (Lipinski definition) is 4. The third-order valence-corrected chi connectivity index (χ3v) is 6.90. The Hall–Kier alpha value is -2.65. The molecule has 1 heterocycles. The second kappa shape index (κ2) is 9.87. The van der Waals surface area contributed by atoms with Gasteiger partial charge in [-0.25, -0.2) is 0 Å². The van der Waals surface area contributed by atoms with E-state index in [1.165, 1.54) is 0 Å². The van der Waals surface area contributed by atoms with Gasteiger partial charge in [0.2, 0.25) is 11.8 Å². The molecule has 2 aliphatic carbocycles. The van der Waals surface area contributed by atoms with Crippen molar-refractivity contribution in [3.05, 3.63) is 39.9 Å². The van der Waals surface area contributed by atoms with E-state index in [1.54, 1.807) is 0 Å². The monoisotopic (exact) mass is 453 g/mol. The Morgan fingerprint density at radius 1 is 1.25 bits per heavy atom. The van der Waals surface area contributed by atoms with Crippen LogP contribution in [0.15, 0.2) is 23.8 Å². The zero-order chi connectivity index (χ0) is 22.7. The van der Waals surface area contributed by atoms with Crippen molar-refractivity contribution < 1.29 is 14.4 Å². The highest BCUT2D eigenvalue weighted by Crippen LogP contribution is 2.35. The maximum atomic E-state index is 13.1. The fraction of sp³-hybridized carbons (Fsp3) is 0.520. The number of piperidine rings is 1. The Bertz CT molecular complexity index is 993. The van der Waals surface area contributed by atoms with Crippen LogP contribution in [-0.4, -0.2) is 30.2 Å². The fourth-order valence-electron chi connectivity index (χ4n) is 4.63. The van der Waals surface area contributed by atoms with E-state index in [4.69, 9.17) is 11.6 Å². The molecule has 0 unspecified atom stereocenters. The molecule has 1 aromatic rings. The van der Waals surface area contributed by atoms with E-state index >= 15 is 0 Å². The van der Waals surface area contributed by atoms with Crippen LogP contribution in [0, 0.1) is 29.1 Å². The van der Waals surface area contributed by atoms with Gasteiger partial charge in [-0.15, -0.1) is 0 Å². The highest BCUT2D eigenvalue weighted by atomic mass is 35.5. The Morgan fingerprint density at radius 3 is 2.78 bits per heavy atom. The summed E-state index contributed by atoms with van der Waals surface area (Å²) in [4.78, 5) is 38.1. The van der Waals surface area contributed by atoms with Gasteiger partial charge in [-0.05, 0) is 60.9 Å². The molecule has 4 rings (SSSR count). The fourth-order valence-corrected chi connectivity index (χ4v) is 4.81. The number of nitrogens with zero attached hydrogens (tertiary/aromatic N) is 1. The van der Waals surface area contributed by atoms with Gasteiger partial charge in [-0.2, -0.15) is 5.26 Å². The first-order valence-electron chi connectivity index (χ1n) is 11.4. The van der Waals surface area contributed by atoms with Crippen molar-refractivity contribution in [1.29, 1.82) is 5.26 Å². The molecule has 0 aromatic heterocycles. The molecular weight excluding hydrogens is 426 g/mol. The maximum absolute atomic E-state index is 13.1. The lowest BCUT2D eigenvalue weighted by Gasteiger charge is -2.24. The first kappa shape index (κ1) is 22.5. The third kappa shape index (κ3) is 5.58. The summed E-state index contributed by atoms with van der Waals surface area (Å²) in [6.07, 6.45) is 7.18. The van der Waals surface area contributed by atoms with Crippen LogP contribution in [0.4, 0.5) is 0 Å². The summed E-state index contributed by atoms with van der Waals surface area (Å²) in [5, 5.41) is 16.0. The molecule has 0 radical (unpaired) electrons. The van der Waals surface area contributed by atoms with Crippen molar-refractivity contribution in [2.45, 2.75) is 57.4 Å². The molecule has 32 heavy (non-hydrogen) atoms. The number of carbonyl (C=O) groups excluding carboxylic acids is 3. The van der Waals surface area contributed by atoms with Crippen molar-refractivity contribution in [1.82, 2.24) is 10.6 Å². The van der Waals surface area contributed by atoms with Crippen molar-refractivity contribution in [3.8, 4) is 6.07 Å². The van der Waals surface area contributed by atoms with Gasteiger partial charge in [0, 0.05) is 35.9 Å². The molecule has 2 amide bonds. The number of rotatable bonds is 9. The van der Waals surface area contributed by atoms with Crippen LogP contribution >= 0.6 is 11.6 Å². The van der Waals surface area contributed by atoms with E-state index in [-0.39, 0.29) is 29.9 Å². The number of nitriles is 1. The summed E-state index contributed by atoms with van der Waals surface area (Å²) in [5.74, 6) is -0.676. The van der Waals surface area contributed by atoms with E-state index in [2.05, 4.69) is 16.7 Å². The molecule has 0 bridgehead atoms. The van der Waals surface area contributed by atoms with Crippen molar-refractivity contribution >= 4 is 35.3 Å². The molecule has 2 N–H and O–H groups in total. The van der Waals surface area contributed by atoms with Crippen LogP contribution in [-0.2, 0) is 20.8 Å². The van der Waals surface area contributed by atoms with Gasteiger partial charge in [0.25, 0.3) is 0 Å². The average molecular weight is 454 g/mol. The number of fused-ring (bicyclic) bond motifs is 1. The number of Topliss-reactive ketones (excluding diaryl/α,β-unsaturated/α-hetero) is 1. The van der Waals surface area contributed by atoms with Gasteiger partial charge in [0.1, 0.15) is 0 Å². The quantitative estimate of drug-likeness (QED) is 0.596. The minimum atomic E-state index is -0.598. The van der Waals surface area contributed by atoms with E-state index in [0.717, 1.165) is 36.8 Å². The predicted molar refractivity (Wildman–Crippen MR) is 121 cm³/mol. The SMILES string of the molecule is N#C[C@@H](CC(=O)[C@H](CC1CC1)NC(=O)C1=Cc2cc(Cl)ccc2C1)C[C@@H]1CCCNC1=O. The molecular formula is C25H28ClN3O3. The van der Waals surface area contributed by atoms with Gasteiger partial charge in [0.05, 0.1) is 18.0 Å². The summed E-state index contributed by atoms with van der Waals surface area (Å²) in [6, 6.07) is 7.18. The predicted octanol–water partition coefficient (Wildman–Crippen LogP) is 3.58. The molecule has 2 fully saturated rings. The number of hydrogen-bond donors (Lipinski definition) is 2. The number of nitrogens with one attached hydrogen (secondary N) is 2. The summed E-state index contributed by atoms with van der Waals surface area (Å²) in [5.41, 5.74) is 2.59. The van der Waals surface area contributed by atoms with Gasteiger partial charge in [-0.1, -0.05) is 30.5 Å². The summed E-state index contributed by atoms with van der Waals surface area (Å²) < 4.78 is 0. The second-order valence-corrected chi connectivity index (χ2v) is 9.69. The number of amides is 2. The molecule has 7 heteroatoms. The van der Waals surface area contributed by atoms with E-state index in [9.17, 15) is 19.6 Å². The first-order chi connectivity index (χ1) is 15.4.